The monoisotopic (exact) mass is 378 g/mol. The molecule has 0 fully saturated rings. The molecule has 0 saturated carbocycles. The van der Waals surface area contributed by atoms with Crippen molar-refractivity contribution in [3.05, 3.63) is 69.8 Å². The molecule has 0 unspecified atom stereocenters. The fourth-order valence-electron chi connectivity index (χ4n) is 4.28. The molecule has 1 heteroatoms. The van der Waals surface area contributed by atoms with Gasteiger partial charge in [-0.1, -0.05) is 91.8 Å². The summed E-state index contributed by atoms with van der Waals surface area (Å²) in [5, 5.41) is 0. The number of ketones is 1. The maximum atomic E-state index is 13.3. The van der Waals surface area contributed by atoms with Crippen LogP contribution in [0.15, 0.2) is 36.4 Å². The first-order valence-corrected chi connectivity index (χ1v) is 10.9. The minimum absolute atomic E-state index is 0.324. The second kappa shape index (κ2) is 9.54. The van der Waals surface area contributed by atoms with E-state index in [1.165, 1.54) is 33.4 Å². The molecule has 28 heavy (non-hydrogen) atoms. The highest BCUT2D eigenvalue weighted by molar-refractivity contribution is 5.84. The minimum atomic E-state index is 0.324. The van der Waals surface area contributed by atoms with Crippen LogP contribution < -0.4 is 0 Å². The molecule has 2 aromatic rings. The smallest absolute Gasteiger partial charge is 0.141 e. The predicted molar refractivity (Wildman–Crippen MR) is 122 cm³/mol. The molecule has 0 atom stereocenters. The van der Waals surface area contributed by atoms with Crippen molar-refractivity contribution in [1.29, 1.82) is 0 Å². The third-order valence-corrected chi connectivity index (χ3v) is 5.73. The lowest BCUT2D eigenvalue weighted by Crippen LogP contribution is -2.15. The van der Waals surface area contributed by atoms with Gasteiger partial charge >= 0.3 is 0 Å². The van der Waals surface area contributed by atoms with E-state index in [1.54, 1.807) is 0 Å². The molecule has 1 nitrogen and oxygen atoms in total. The lowest BCUT2D eigenvalue weighted by atomic mass is 9.83. The van der Waals surface area contributed by atoms with Crippen molar-refractivity contribution in [2.75, 3.05) is 0 Å². The quantitative estimate of drug-likeness (QED) is 0.464. The number of hydrogen-bond donors (Lipinski definition) is 0. The van der Waals surface area contributed by atoms with Crippen LogP contribution in [0.1, 0.15) is 112 Å². The Balaban J connectivity index is 2.41. The molecule has 2 rings (SSSR count). The largest absolute Gasteiger partial charge is 0.299 e. The maximum Gasteiger partial charge on any atom is 0.141 e. The molecule has 0 aliphatic rings. The Morgan fingerprint density at radius 2 is 0.821 bits per heavy atom. The summed E-state index contributed by atoms with van der Waals surface area (Å²) >= 11 is 0. The van der Waals surface area contributed by atoms with E-state index >= 15 is 0 Å². The van der Waals surface area contributed by atoms with E-state index in [1.807, 2.05) is 0 Å². The average molecular weight is 379 g/mol. The predicted octanol–water partition coefficient (Wildman–Crippen LogP) is 7.53. The number of benzene rings is 2. The van der Waals surface area contributed by atoms with Gasteiger partial charge < -0.3 is 0 Å². The van der Waals surface area contributed by atoms with Gasteiger partial charge in [0, 0.05) is 12.8 Å². The third kappa shape index (κ3) is 5.13. The van der Waals surface area contributed by atoms with Crippen LogP contribution in [-0.2, 0) is 17.6 Å². The molecule has 0 aromatic heterocycles. The number of carbonyl (C=O) groups is 1. The van der Waals surface area contributed by atoms with Crippen molar-refractivity contribution in [1.82, 2.24) is 0 Å². The van der Waals surface area contributed by atoms with Gasteiger partial charge in [0.25, 0.3) is 0 Å². The zero-order valence-corrected chi connectivity index (χ0v) is 19.1. The van der Waals surface area contributed by atoms with Crippen LogP contribution in [0, 0.1) is 0 Å². The Morgan fingerprint density at radius 1 is 0.571 bits per heavy atom. The van der Waals surface area contributed by atoms with E-state index in [0.29, 0.717) is 42.3 Å². The van der Waals surface area contributed by atoms with Crippen molar-refractivity contribution in [3.8, 4) is 0 Å². The van der Waals surface area contributed by atoms with E-state index in [-0.39, 0.29) is 0 Å². The molecule has 0 N–H and O–H groups in total. The molecule has 0 spiro atoms. The zero-order valence-electron chi connectivity index (χ0n) is 19.1. The van der Waals surface area contributed by atoms with Gasteiger partial charge in [0.05, 0.1) is 0 Å². The van der Waals surface area contributed by atoms with Crippen LogP contribution in [0.2, 0.25) is 0 Å². The maximum absolute atomic E-state index is 13.3. The van der Waals surface area contributed by atoms with Gasteiger partial charge in [0.2, 0.25) is 0 Å². The highest BCUT2D eigenvalue weighted by atomic mass is 16.1. The van der Waals surface area contributed by atoms with Crippen LogP contribution in [-0.4, -0.2) is 5.78 Å². The van der Waals surface area contributed by atoms with Crippen LogP contribution in [0.25, 0.3) is 0 Å². The van der Waals surface area contributed by atoms with E-state index in [0.717, 1.165) is 0 Å². The van der Waals surface area contributed by atoms with Crippen LogP contribution in [0.5, 0.6) is 0 Å². The summed E-state index contributed by atoms with van der Waals surface area (Å²) < 4.78 is 0. The molecule has 0 heterocycles. The minimum Gasteiger partial charge on any atom is -0.299 e. The van der Waals surface area contributed by atoms with Crippen LogP contribution in [0.4, 0.5) is 0 Å². The second-order valence-corrected chi connectivity index (χ2v) is 9.34. The Hall–Kier alpha value is -1.89. The van der Waals surface area contributed by atoms with Crippen LogP contribution >= 0.6 is 0 Å². The van der Waals surface area contributed by atoms with E-state index in [4.69, 9.17) is 0 Å². The van der Waals surface area contributed by atoms with Gasteiger partial charge in [-0.3, -0.25) is 4.79 Å². The summed E-state index contributed by atoms with van der Waals surface area (Å²) in [6.45, 7) is 17.8. The Bertz CT molecular complexity index is 689. The van der Waals surface area contributed by atoms with Crippen molar-refractivity contribution in [3.63, 3.8) is 0 Å². The molecule has 152 valence electrons. The van der Waals surface area contributed by atoms with Gasteiger partial charge in [-0.05, 0) is 57.1 Å². The van der Waals surface area contributed by atoms with Crippen LogP contribution in [0.3, 0.4) is 0 Å². The molecule has 0 radical (unpaired) electrons. The number of Topliss-reactive ketones (excluding diaryl/α,β-unsaturated/α-hetero) is 1. The average Bonchev–Trinajstić information content (AvgIpc) is 2.61. The van der Waals surface area contributed by atoms with Crippen molar-refractivity contribution in [2.24, 2.45) is 0 Å². The zero-order chi connectivity index (χ0) is 21.0. The van der Waals surface area contributed by atoms with Crippen molar-refractivity contribution in [2.45, 2.75) is 91.9 Å². The molecule has 0 aliphatic carbocycles. The lowest BCUT2D eigenvalue weighted by Gasteiger charge is -2.21. The Kier molecular flexibility index (Phi) is 7.63. The number of hydrogen-bond acceptors (Lipinski definition) is 1. The molecule has 0 bridgehead atoms. The molecule has 2 aromatic carbocycles. The molecule has 0 amide bonds. The molecule has 0 aliphatic heterocycles. The summed E-state index contributed by atoms with van der Waals surface area (Å²) in [5.74, 6) is 2.03. The van der Waals surface area contributed by atoms with Gasteiger partial charge in [-0.2, -0.15) is 0 Å². The summed E-state index contributed by atoms with van der Waals surface area (Å²) in [7, 11) is 0. The van der Waals surface area contributed by atoms with Crippen molar-refractivity contribution < 1.29 is 4.79 Å². The topological polar surface area (TPSA) is 17.1 Å². The second-order valence-electron chi connectivity index (χ2n) is 9.34. The highest BCUT2D eigenvalue weighted by Gasteiger charge is 2.20. The van der Waals surface area contributed by atoms with E-state index < -0.39 is 0 Å². The fourth-order valence-corrected chi connectivity index (χ4v) is 4.28. The fraction of sp³-hybridized carbons (Fsp3) is 0.519. The number of carbonyl (C=O) groups excluding carboxylic acids is 1. The summed E-state index contributed by atoms with van der Waals surface area (Å²) in [5.41, 5.74) is 7.79. The van der Waals surface area contributed by atoms with Gasteiger partial charge in [-0.15, -0.1) is 0 Å². The standard InChI is InChI=1S/C27H38O/c1-17(2)22-11-9-12-23(18(3)4)26(22)15-21(28)16-27-24(19(5)6)13-10-14-25(27)20(7)8/h9-14,17-20H,15-16H2,1-8H3. The molecular weight excluding hydrogens is 340 g/mol. The Labute approximate surface area is 172 Å². The number of rotatable bonds is 8. The van der Waals surface area contributed by atoms with Gasteiger partial charge in [-0.25, -0.2) is 0 Å². The first-order chi connectivity index (χ1) is 13.1. The third-order valence-electron chi connectivity index (χ3n) is 5.73. The summed E-state index contributed by atoms with van der Waals surface area (Å²) in [6.07, 6.45) is 1.07. The Morgan fingerprint density at radius 3 is 1.04 bits per heavy atom. The van der Waals surface area contributed by atoms with Crippen molar-refractivity contribution >= 4 is 5.78 Å². The van der Waals surface area contributed by atoms with E-state index in [2.05, 4.69) is 91.8 Å². The first-order valence-electron chi connectivity index (χ1n) is 10.9. The van der Waals surface area contributed by atoms with Gasteiger partial charge in [0.15, 0.2) is 0 Å². The summed E-state index contributed by atoms with van der Waals surface area (Å²) in [4.78, 5) is 13.3. The SMILES string of the molecule is CC(C)c1cccc(C(C)C)c1CC(=O)Cc1c(C(C)C)cccc1C(C)C. The lowest BCUT2D eigenvalue weighted by molar-refractivity contribution is -0.117. The first kappa shape index (κ1) is 22.4. The molecular formula is C27H38O. The summed E-state index contributed by atoms with van der Waals surface area (Å²) in [6, 6.07) is 13.1. The van der Waals surface area contributed by atoms with E-state index in [9.17, 15) is 4.79 Å². The van der Waals surface area contributed by atoms with Gasteiger partial charge in [0.1, 0.15) is 5.78 Å². The normalized spacial score (nSPS) is 11.9. The highest BCUT2D eigenvalue weighted by Crippen LogP contribution is 2.31. The molecule has 0 saturated heterocycles.